The SMILES string of the molecule is CCNC(c1ccc(Cl)s1)c1ccncc1Cl. The highest BCUT2D eigenvalue weighted by atomic mass is 35.5. The Labute approximate surface area is 115 Å². The molecule has 0 saturated heterocycles. The molecule has 0 aliphatic rings. The van der Waals surface area contributed by atoms with Gasteiger partial charge < -0.3 is 5.32 Å². The van der Waals surface area contributed by atoms with Crippen LogP contribution in [0.4, 0.5) is 0 Å². The van der Waals surface area contributed by atoms with Crippen LogP contribution < -0.4 is 5.32 Å². The maximum absolute atomic E-state index is 6.18. The third-order valence-corrected chi connectivity index (χ3v) is 4.01. The molecule has 1 unspecified atom stereocenters. The normalized spacial score (nSPS) is 12.6. The maximum Gasteiger partial charge on any atom is 0.0931 e. The lowest BCUT2D eigenvalue weighted by Crippen LogP contribution is -2.21. The van der Waals surface area contributed by atoms with Crippen molar-refractivity contribution in [3.63, 3.8) is 0 Å². The largest absolute Gasteiger partial charge is 0.306 e. The molecule has 1 N–H and O–H groups in total. The van der Waals surface area contributed by atoms with Gasteiger partial charge in [-0.2, -0.15) is 0 Å². The van der Waals surface area contributed by atoms with Crippen molar-refractivity contribution in [3.8, 4) is 0 Å². The highest BCUT2D eigenvalue weighted by molar-refractivity contribution is 7.16. The van der Waals surface area contributed by atoms with Crippen LogP contribution in [0.1, 0.15) is 23.4 Å². The molecule has 2 aromatic rings. The van der Waals surface area contributed by atoms with Crippen molar-refractivity contribution < 1.29 is 0 Å². The summed E-state index contributed by atoms with van der Waals surface area (Å²) in [6.45, 7) is 2.93. The molecule has 17 heavy (non-hydrogen) atoms. The molecule has 90 valence electrons. The fourth-order valence-electron chi connectivity index (χ4n) is 1.67. The molecule has 2 aromatic heterocycles. The first-order valence-electron chi connectivity index (χ1n) is 5.30. The second kappa shape index (κ2) is 5.83. The zero-order valence-corrected chi connectivity index (χ0v) is 11.6. The van der Waals surface area contributed by atoms with Crippen LogP contribution in [0.2, 0.25) is 9.36 Å². The zero-order valence-electron chi connectivity index (χ0n) is 9.28. The Morgan fingerprint density at radius 3 is 2.76 bits per heavy atom. The molecule has 2 heterocycles. The molecule has 0 saturated carbocycles. The van der Waals surface area contributed by atoms with Crippen LogP contribution in [0.3, 0.4) is 0 Å². The molecule has 0 aliphatic heterocycles. The Bertz CT molecular complexity index is 499. The van der Waals surface area contributed by atoms with Gasteiger partial charge in [-0.05, 0) is 30.3 Å². The number of rotatable bonds is 4. The molecule has 5 heteroatoms. The van der Waals surface area contributed by atoms with Gasteiger partial charge in [0.25, 0.3) is 0 Å². The summed E-state index contributed by atoms with van der Waals surface area (Å²) in [4.78, 5) is 5.16. The number of aromatic nitrogens is 1. The van der Waals surface area contributed by atoms with Crippen molar-refractivity contribution in [2.24, 2.45) is 0 Å². The summed E-state index contributed by atoms with van der Waals surface area (Å²) in [5.41, 5.74) is 1.03. The van der Waals surface area contributed by atoms with E-state index in [9.17, 15) is 0 Å². The lowest BCUT2D eigenvalue weighted by molar-refractivity contribution is 0.639. The number of halogens is 2. The lowest BCUT2D eigenvalue weighted by Gasteiger charge is -2.17. The van der Waals surface area contributed by atoms with Crippen molar-refractivity contribution in [2.75, 3.05) is 6.54 Å². The van der Waals surface area contributed by atoms with Gasteiger partial charge in [-0.1, -0.05) is 30.1 Å². The van der Waals surface area contributed by atoms with Gasteiger partial charge in [0, 0.05) is 17.3 Å². The van der Waals surface area contributed by atoms with Gasteiger partial charge in [-0.15, -0.1) is 11.3 Å². The Kier molecular flexibility index (Phi) is 4.40. The molecular weight excluding hydrogens is 275 g/mol. The predicted molar refractivity (Wildman–Crippen MR) is 74.1 cm³/mol. The fraction of sp³-hybridized carbons (Fsp3) is 0.250. The van der Waals surface area contributed by atoms with Crippen LogP contribution in [0.15, 0.2) is 30.6 Å². The summed E-state index contributed by atoms with van der Waals surface area (Å²) in [6.07, 6.45) is 3.41. The molecule has 0 aromatic carbocycles. The zero-order chi connectivity index (χ0) is 12.3. The minimum atomic E-state index is 0.0769. The summed E-state index contributed by atoms with van der Waals surface area (Å²) in [7, 11) is 0. The highest BCUT2D eigenvalue weighted by Crippen LogP contribution is 2.33. The topological polar surface area (TPSA) is 24.9 Å². The summed E-state index contributed by atoms with van der Waals surface area (Å²) in [5.74, 6) is 0. The van der Waals surface area contributed by atoms with Crippen molar-refractivity contribution in [3.05, 3.63) is 50.4 Å². The van der Waals surface area contributed by atoms with Crippen LogP contribution in [0.5, 0.6) is 0 Å². The van der Waals surface area contributed by atoms with Crippen molar-refractivity contribution in [1.82, 2.24) is 10.3 Å². The predicted octanol–water partition coefficient (Wildman–Crippen LogP) is 4.15. The van der Waals surface area contributed by atoms with E-state index >= 15 is 0 Å². The number of hydrogen-bond donors (Lipinski definition) is 1. The van der Waals surface area contributed by atoms with Crippen LogP contribution in [0.25, 0.3) is 0 Å². The Morgan fingerprint density at radius 2 is 2.18 bits per heavy atom. The Morgan fingerprint density at radius 1 is 1.35 bits per heavy atom. The molecule has 0 fully saturated rings. The van der Waals surface area contributed by atoms with E-state index in [1.807, 2.05) is 18.2 Å². The maximum atomic E-state index is 6.18. The van der Waals surface area contributed by atoms with E-state index in [0.29, 0.717) is 5.02 Å². The number of nitrogens with zero attached hydrogens (tertiary/aromatic N) is 1. The van der Waals surface area contributed by atoms with Gasteiger partial charge in [-0.3, -0.25) is 4.98 Å². The van der Waals surface area contributed by atoms with Crippen LogP contribution in [0, 0.1) is 0 Å². The number of thiophene rings is 1. The lowest BCUT2D eigenvalue weighted by atomic mass is 10.1. The monoisotopic (exact) mass is 286 g/mol. The molecule has 1 atom stereocenters. The number of pyridine rings is 1. The molecule has 0 spiro atoms. The second-order valence-corrected chi connectivity index (χ2v) is 5.68. The molecular formula is C12H12Cl2N2S. The van der Waals surface area contributed by atoms with Gasteiger partial charge in [0.15, 0.2) is 0 Å². The molecule has 0 radical (unpaired) electrons. The van der Waals surface area contributed by atoms with Crippen LogP contribution >= 0.6 is 34.5 Å². The van der Waals surface area contributed by atoms with Crippen molar-refractivity contribution >= 4 is 34.5 Å². The average molecular weight is 287 g/mol. The van der Waals surface area contributed by atoms with E-state index in [1.165, 1.54) is 0 Å². The van der Waals surface area contributed by atoms with Gasteiger partial charge in [-0.25, -0.2) is 0 Å². The van der Waals surface area contributed by atoms with Gasteiger partial charge >= 0.3 is 0 Å². The van der Waals surface area contributed by atoms with E-state index in [2.05, 4.69) is 17.2 Å². The van der Waals surface area contributed by atoms with E-state index < -0.39 is 0 Å². The molecule has 2 rings (SSSR count). The first-order valence-corrected chi connectivity index (χ1v) is 6.87. The summed E-state index contributed by atoms with van der Waals surface area (Å²) in [6, 6.07) is 5.94. The second-order valence-electron chi connectivity index (χ2n) is 3.53. The molecule has 2 nitrogen and oxygen atoms in total. The summed E-state index contributed by atoms with van der Waals surface area (Å²) < 4.78 is 0.785. The van der Waals surface area contributed by atoms with E-state index in [1.54, 1.807) is 23.7 Å². The van der Waals surface area contributed by atoms with Gasteiger partial charge in [0.2, 0.25) is 0 Å². The minimum Gasteiger partial charge on any atom is -0.306 e. The molecule has 0 aliphatic carbocycles. The third kappa shape index (κ3) is 2.99. The first kappa shape index (κ1) is 12.8. The fourth-order valence-corrected chi connectivity index (χ4v) is 3.06. The van der Waals surface area contributed by atoms with Crippen molar-refractivity contribution in [2.45, 2.75) is 13.0 Å². The van der Waals surface area contributed by atoms with Gasteiger partial charge in [0.1, 0.15) is 0 Å². The number of hydrogen-bond acceptors (Lipinski definition) is 3. The molecule has 0 amide bonds. The van der Waals surface area contributed by atoms with Crippen molar-refractivity contribution in [1.29, 1.82) is 0 Å². The third-order valence-electron chi connectivity index (χ3n) is 2.40. The molecule has 0 bridgehead atoms. The summed E-state index contributed by atoms with van der Waals surface area (Å²) in [5, 5.41) is 4.08. The minimum absolute atomic E-state index is 0.0769. The van der Waals surface area contributed by atoms with Crippen LogP contribution in [-0.4, -0.2) is 11.5 Å². The summed E-state index contributed by atoms with van der Waals surface area (Å²) >= 11 is 13.7. The van der Waals surface area contributed by atoms with Crippen LogP contribution in [-0.2, 0) is 0 Å². The smallest absolute Gasteiger partial charge is 0.0931 e. The standard InChI is InChI=1S/C12H12Cl2N2S/c1-2-16-12(10-3-4-11(14)17-10)8-5-6-15-7-9(8)13/h3-7,12,16H,2H2,1H3. The number of nitrogens with one attached hydrogen (secondary N) is 1. The van der Waals surface area contributed by atoms with E-state index in [0.717, 1.165) is 21.3 Å². The first-order chi connectivity index (χ1) is 8.22. The van der Waals surface area contributed by atoms with E-state index in [-0.39, 0.29) is 6.04 Å². The Hall–Kier alpha value is -0.610. The average Bonchev–Trinajstić information content (AvgIpc) is 2.74. The quantitative estimate of drug-likeness (QED) is 0.913. The Balaban J connectivity index is 2.39. The highest BCUT2D eigenvalue weighted by Gasteiger charge is 2.17. The van der Waals surface area contributed by atoms with E-state index in [4.69, 9.17) is 23.2 Å². The van der Waals surface area contributed by atoms with Gasteiger partial charge in [0.05, 0.1) is 15.4 Å².